The van der Waals surface area contributed by atoms with E-state index in [0.717, 1.165) is 17.2 Å². The van der Waals surface area contributed by atoms with E-state index in [9.17, 15) is 24.3 Å². The van der Waals surface area contributed by atoms with Crippen molar-refractivity contribution in [3.05, 3.63) is 69.0 Å². The highest BCUT2D eigenvalue weighted by atomic mass is 19.1. The maximum atomic E-state index is 16.1. The lowest BCUT2D eigenvalue weighted by atomic mass is 10.0. The number of carbonyl (C=O) groups is 3. The van der Waals surface area contributed by atoms with Crippen molar-refractivity contribution < 1.29 is 33.0 Å². The number of carboxylic acid groups (broad SMARTS) is 1. The van der Waals surface area contributed by atoms with Crippen molar-refractivity contribution in [2.75, 3.05) is 36.0 Å². The summed E-state index contributed by atoms with van der Waals surface area (Å²) in [4.78, 5) is 51.3. The van der Waals surface area contributed by atoms with Crippen LogP contribution in [0.2, 0.25) is 0 Å². The second-order valence-electron chi connectivity index (χ2n) is 10.7. The Balaban J connectivity index is 1.29. The molecule has 2 amide bonds. The number of nitrogens with zero attached hydrogens (tertiary/aromatic N) is 3. The largest absolute Gasteiger partial charge is 0.477 e. The average molecular weight is 567 g/mol. The number of hydrogen-bond donors (Lipinski definition) is 2. The van der Waals surface area contributed by atoms with Crippen molar-refractivity contribution in [2.45, 2.75) is 44.8 Å². The van der Waals surface area contributed by atoms with E-state index >= 15 is 8.78 Å². The molecule has 10 nitrogen and oxygen atoms in total. The van der Waals surface area contributed by atoms with Gasteiger partial charge in [-0.3, -0.25) is 14.5 Å². The zero-order chi connectivity index (χ0) is 29.0. The molecular weight excluding hydrogens is 538 g/mol. The summed E-state index contributed by atoms with van der Waals surface area (Å²) in [6.07, 6.45) is 2.55. The molecule has 0 spiro atoms. The first-order chi connectivity index (χ1) is 19.6. The van der Waals surface area contributed by atoms with Gasteiger partial charge in [-0.05, 0) is 55.0 Å². The SMILES string of the molecule is CC(=O)NCC1CN(c2ccc3c(c2)CCN(c2c(F)cc4c(=O)c(C(=O)O)cn(C5CC5)c4c2F)CC3)C(=O)O1. The topological polar surface area (TPSA) is 121 Å². The highest BCUT2D eigenvalue weighted by Crippen LogP contribution is 2.40. The van der Waals surface area contributed by atoms with Crippen molar-refractivity contribution >= 4 is 40.2 Å². The minimum atomic E-state index is -1.44. The van der Waals surface area contributed by atoms with Gasteiger partial charge < -0.3 is 24.6 Å². The van der Waals surface area contributed by atoms with E-state index in [2.05, 4.69) is 5.32 Å². The van der Waals surface area contributed by atoms with Crippen LogP contribution in [0.5, 0.6) is 0 Å². The molecule has 3 aliphatic rings. The van der Waals surface area contributed by atoms with Gasteiger partial charge in [-0.25, -0.2) is 18.4 Å². The summed E-state index contributed by atoms with van der Waals surface area (Å²) >= 11 is 0. The molecule has 1 saturated heterocycles. The van der Waals surface area contributed by atoms with Gasteiger partial charge in [0.25, 0.3) is 0 Å². The molecule has 3 heterocycles. The summed E-state index contributed by atoms with van der Waals surface area (Å²) in [5, 5.41) is 11.8. The van der Waals surface area contributed by atoms with Gasteiger partial charge in [-0.1, -0.05) is 6.07 Å². The van der Waals surface area contributed by atoms with Crippen LogP contribution < -0.4 is 20.5 Å². The molecule has 41 heavy (non-hydrogen) atoms. The fourth-order valence-corrected chi connectivity index (χ4v) is 5.71. The second kappa shape index (κ2) is 10.2. The van der Waals surface area contributed by atoms with Gasteiger partial charge in [0.15, 0.2) is 5.82 Å². The lowest BCUT2D eigenvalue weighted by Gasteiger charge is -2.25. The highest BCUT2D eigenvalue weighted by Gasteiger charge is 2.34. The second-order valence-corrected chi connectivity index (χ2v) is 10.7. The number of ether oxygens (including phenoxy) is 1. The Morgan fingerprint density at radius 1 is 1.10 bits per heavy atom. The van der Waals surface area contributed by atoms with Crippen LogP contribution in [0.4, 0.5) is 25.0 Å². The van der Waals surface area contributed by atoms with Gasteiger partial charge in [0.05, 0.1) is 24.0 Å². The lowest BCUT2D eigenvalue weighted by molar-refractivity contribution is -0.119. The molecule has 2 aromatic carbocycles. The molecule has 3 aromatic rings. The molecule has 2 fully saturated rings. The van der Waals surface area contributed by atoms with Crippen LogP contribution in [0.1, 0.15) is 47.3 Å². The Kier molecular flexibility index (Phi) is 6.63. The summed E-state index contributed by atoms with van der Waals surface area (Å²) in [5.74, 6) is -3.45. The number of hydrogen-bond acceptors (Lipinski definition) is 6. The quantitative estimate of drug-likeness (QED) is 0.469. The third-order valence-electron chi connectivity index (χ3n) is 7.93. The van der Waals surface area contributed by atoms with Crippen LogP contribution in [0.15, 0.2) is 35.3 Å². The molecule has 1 saturated carbocycles. The van der Waals surface area contributed by atoms with E-state index in [-0.39, 0.29) is 48.2 Å². The first kappa shape index (κ1) is 26.7. The van der Waals surface area contributed by atoms with Gasteiger partial charge in [0.1, 0.15) is 23.2 Å². The van der Waals surface area contributed by atoms with E-state index < -0.39 is 40.8 Å². The molecule has 2 aliphatic heterocycles. The number of aromatic carboxylic acids is 1. The number of nitrogens with one attached hydrogen (secondary N) is 1. The van der Waals surface area contributed by atoms with E-state index in [1.165, 1.54) is 22.6 Å². The van der Waals surface area contributed by atoms with Crippen molar-refractivity contribution in [1.29, 1.82) is 0 Å². The van der Waals surface area contributed by atoms with E-state index in [4.69, 9.17) is 4.74 Å². The zero-order valence-electron chi connectivity index (χ0n) is 22.3. The number of pyridine rings is 1. The number of aromatic nitrogens is 1. The Hall–Kier alpha value is -4.48. The Morgan fingerprint density at radius 3 is 2.51 bits per heavy atom. The summed E-state index contributed by atoms with van der Waals surface area (Å²) < 4.78 is 38.4. The van der Waals surface area contributed by atoms with Crippen LogP contribution in [-0.4, -0.2) is 59.9 Å². The number of benzene rings is 2. The fourth-order valence-electron chi connectivity index (χ4n) is 5.71. The van der Waals surface area contributed by atoms with Crippen molar-refractivity contribution in [1.82, 2.24) is 9.88 Å². The fraction of sp³-hybridized carbons (Fsp3) is 0.379. The predicted molar refractivity (Wildman–Crippen MR) is 146 cm³/mol. The van der Waals surface area contributed by atoms with Crippen molar-refractivity contribution in [2.24, 2.45) is 0 Å². The molecular formula is C29H28F2N4O6. The summed E-state index contributed by atoms with van der Waals surface area (Å²) in [6.45, 7) is 2.49. The third-order valence-corrected chi connectivity index (χ3v) is 7.93. The lowest BCUT2D eigenvalue weighted by Crippen LogP contribution is -2.33. The first-order valence-electron chi connectivity index (χ1n) is 13.5. The van der Waals surface area contributed by atoms with Gasteiger partial charge in [-0.2, -0.15) is 0 Å². The minimum Gasteiger partial charge on any atom is -0.477 e. The number of fused-ring (bicyclic) bond motifs is 2. The summed E-state index contributed by atoms with van der Waals surface area (Å²) in [6, 6.07) is 6.39. The highest BCUT2D eigenvalue weighted by molar-refractivity contribution is 5.94. The maximum Gasteiger partial charge on any atom is 0.414 e. The van der Waals surface area contributed by atoms with Gasteiger partial charge in [0.2, 0.25) is 11.3 Å². The smallest absolute Gasteiger partial charge is 0.414 e. The Labute approximate surface area is 233 Å². The Morgan fingerprint density at radius 2 is 1.83 bits per heavy atom. The van der Waals surface area contributed by atoms with Gasteiger partial charge in [-0.15, -0.1) is 0 Å². The number of halogens is 2. The molecule has 0 radical (unpaired) electrons. The number of cyclic esters (lactones) is 1. The average Bonchev–Trinajstić information content (AvgIpc) is 3.73. The molecule has 0 bridgehead atoms. The van der Waals surface area contributed by atoms with Crippen molar-refractivity contribution in [3.63, 3.8) is 0 Å². The Bertz CT molecular complexity index is 1670. The third kappa shape index (κ3) is 4.87. The molecule has 1 atom stereocenters. The molecule has 12 heteroatoms. The van der Waals surface area contributed by atoms with Crippen LogP contribution >= 0.6 is 0 Å². The molecule has 2 N–H and O–H groups in total. The number of rotatable bonds is 6. The van der Waals surface area contributed by atoms with E-state index in [1.54, 1.807) is 4.90 Å². The van der Waals surface area contributed by atoms with Crippen LogP contribution in [-0.2, 0) is 22.4 Å². The molecule has 1 aliphatic carbocycles. The van der Waals surface area contributed by atoms with E-state index in [1.807, 2.05) is 18.2 Å². The number of amides is 2. The van der Waals surface area contributed by atoms with Crippen LogP contribution in [0.25, 0.3) is 10.9 Å². The van der Waals surface area contributed by atoms with Gasteiger partial charge >= 0.3 is 12.1 Å². The van der Waals surface area contributed by atoms with Crippen LogP contribution in [0, 0.1) is 11.6 Å². The maximum absolute atomic E-state index is 16.1. The minimum absolute atomic E-state index is 0.0793. The molecule has 1 aromatic heterocycles. The first-order valence-corrected chi connectivity index (χ1v) is 13.5. The van der Waals surface area contributed by atoms with Crippen molar-refractivity contribution in [3.8, 4) is 0 Å². The van der Waals surface area contributed by atoms with Crippen LogP contribution in [0.3, 0.4) is 0 Å². The number of carbonyl (C=O) groups excluding carboxylic acids is 2. The number of anilines is 2. The molecule has 1 unspecified atom stereocenters. The molecule has 214 valence electrons. The van der Waals surface area contributed by atoms with Gasteiger partial charge in [0, 0.05) is 37.9 Å². The summed E-state index contributed by atoms with van der Waals surface area (Å²) in [5.41, 5.74) is 0.811. The monoisotopic (exact) mass is 566 g/mol. The number of carboxylic acids is 1. The predicted octanol–water partition coefficient (Wildman–Crippen LogP) is 3.38. The van der Waals surface area contributed by atoms with E-state index in [0.29, 0.717) is 37.9 Å². The standard InChI is InChI=1S/C29H28F2N4O6/c1-15(36)32-12-20-13-35(29(40)41-20)19-3-2-16-6-8-33(9-7-17(16)10-19)26-23(30)11-21-25(24(26)31)34(18-4-5-18)14-22(27(21)37)28(38)39/h2-3,10-11,14,18,20H,4-9,12-13H2,1H3,(H,32,36)(H,38,39). The zero-order valence-corrected chi connectivity index (χ0v) is 22.3. The normalized spacial score (nSPS) is 18.7. The summed E-state index contributed by atoms with van der Waals surface area (Å²) in [7, 11) is 0. The molecule has 6 rings (SSSR count).